The van der Waals surface area contributed by atoms with Gasteiger partial charge in [-0.2, -0.15) is 5.10 Å². The van der Waals surface area contributed by atoms with Crippen LogP contribution in [0.5, 0.6) is 0 Å². The Morgan fingerprint density at radius 2 is 2.33 bits per heavy atom. The minimum absolute atomic E-state index is 0.361. The first-order chi connectivity index (χ1) is 7.13. The minimum atomic E-state index is -0.361. The molecule has 15 heavy (non-hydrogen) atoms. The molecule has 6 heteroatoms. The summed E-state index contributed by atoms with van der Waals surface area (Å²) < 4.78 is 6.35. The van der Waals surface area contributed by atoms with Crippen LogP contribution in [0, 0.1) is 3.70 Å². The molecule has 0 radical (unpaired) electrons. The minimum Gasteiger partial charge on any atom is -0.465 e. The fraction of sp³-hybridized carbons (Fsp3) is 0.111. The van der Waals surface area contributed by atoms with Crippen LogP contribution in [0.4, 0.5) is 0 Å². The molecule has 78 valence electrons. The van der Waals surface area contributed by atoms with Crippen molar-refractivity contribution >= 4 is 55.4 Å². The first kappa shape index (κ1) is 10.9. The number of methoxy groups -OCH3 is 1. The van der Waals surface area contributed by atoms with Crippen LogP contribution in [0.3, 0.4) is 0 Å². The summed E-state index contributed by atoms with van der Waals surface area (Å²) in [7, 11) is 1.36. The zero-order valence-corrected chi connectivity index (χ0v) is 11.4. The fourth-order valence-corrected chi connectivity index (χ4v) is 2.48. The second-order valence-corrected chi connectivity index (χ2v) is 4.87. The molecule has 0 fully saturated rings. The van der Waals surface area contributed by atoms with Crippen molar-refractivity contribution in [1.29, 1.82) is 0 Å². The first-order valence-corrected chi connectivity index (χ1v) is 5.92. The van der Waals surface area contributed by atoms with Gasteiger partial charge in [-0.15, -0.1) is 0 Å². The number of ether oxygens (including phenoxy) is 1. The molecular weight excluding hydrogens is 375 g/mol. The average Bonchev–Trinajstić information content (AvgIpc) is 2.58. The summed E-state index contributed by atoms with van der Waals surface area (Å²) in [6.07, 6.45) is 0. The monoisotopic (exact) mass is 380 g/mol. The summed E-state index contributed by atoms with van der Waals surface area (Å²) in [4.78, 5) is 11.5. The number of esters is 1. The number of halogens is 2. The molecule has 0 saturated heterocycles. The zero-order valence-electron chi connectivity index (χ0n) is 7.67. The molecule has 1 aromatic heterocycles. The summed E-state index contributed by atoms with van der Waals surface area (Å²) in [5.41, 5.74) is 1.26. The highest BCUT2D eigenvalue weighted by Crippen LogP contribution is 2.26. The van der Waals surface area contributed by atoms with E-state index in [-0.39, 0.29) is 5.97 Å². The van der Waals surface area contributed by atoms with Crippen LogP contribution < -0.4 is 0 Å². The van der Waals surface area contributed by atoms with Gasteiger partial charge in [0.1, 0.15) is 3.70 Å². The molecule has 0 aliphatic rings. The summed E-state index contributed by atoms with van der Waals surface area (Å²) in [5.74, 6) is -0.361. The Kier molecular flexibility index (Phi) is 2.96. The van der Waals surface area contributed by atoms with Crippen LogP contribution in [0.1, 0.15) is 10.4 Å². The molecule has 0 amide bonds. The lowest BCUT2D eigenvalue weighted by atomic mass is 10.1. The van der Waals surface area contributed by atoms with Gasteiger partial charge in [0.05, 0.1) is 18.2 Å². The topological polar surface area (TPSA) is 55.0 Å². The Labute approximate surface area is 108 Å². The quantitative estimate of drug-likeness (QED) is 0.611. The van der Waals surface area contributed by atoms with Crippen molar-refractivity contribution in [3.63, 3.8) is 0 Å². The number of rotatable bonds is 1. The van der Waals surface area contributed by atoms with Crippen LogP contribution in [0.2, 0.25) is 0 Å². The van der Waals surface area contributed by atoms with Crippen molar-refractivity contribution in [3.8, 4) is 0 Å². The van der Waals surface area contributed by atoms with E-state index < -0.39 is 0 Å². The summed E-state index contributed by atoms with van der Waals surface area (Å²) in [6, 6.07) is 3.58. The predicted molar refractivity (Wildman–Crippen MR) is 67.9 cm³/mol. The number of nitrogens with zero attached hydrogens (tertiary/aromatic N) is 1. The highest BCUT2D eigenvalue weighted by Gasteiger charge is 2.16. The number of aromatic nitrogens is 2. The number of carbonyl (C=O) groups excluding carboxylic acids is 1. The van der Waals surface area contributed by atoms with E-state index in [1.165, 1.54) is 7.11 Å². The Bertz CT molecular complexity index is 538. The Hall–Kier alpha value is -0.630. The van der Waals surface area contributed by atoms with Gasteiger partial charge in [-0.1, -0.05) is 15.9 Å². The van der Waals surface area contributed by atoms with Crippen molar-refractivity contribution in [1.82, 2.24) is 10.2 Å². The molecule has 1 aromatic carbocycles. The van der Waals surface area contributed by atoms with E-state index in [0.29, 0.717) is 5.56 Å². The molecule has 2 aromatic rings. The van der Waals surface area contributed by atoms with Crippen LogP contribution in [0.15, 0.2) is 16.6 Å². The summed E-state index contributed by atoms with van der Waals surface area (Å²) in [6.45, 7) is 0. The highest BCUT2D eigenvalue weighted by atomic mass is 127. The Morgan fingerprint density at radius 1 is 1.60 bits per heavy atom. The Morgan fingerprint density at radius 3 is 3.00 bits per heavy atom. The van der Waals surface area contributed by atoms with Gasteiger partial charge in [0.2, 0.25) is 0 Å². The third-order valence-corrected chi connectivity index (χ3v) is 3.22. The average molecular weight is 381 g/mol. The van der Waals surface area contributed by atoms with Crippen molar-refractivity contribution in [3.05, 3.63) is 25.9 Å². The van der Waals surface area contributed by atoms with Crippen LogP contribution >= 0.6 is 38.5 Å². The number of fused-ring (bicyclic) bond motifs is 1. The standard InChI is InChI=1S/C9H6BrIN2O2/c1-15-9(14)5-2-4(10)3-6-7(5)8(11)13-12-6/h2-3H,1H3,(H,12,13). The van der Waals surface area contributed by atoms with Gasteiger partial charge in [0.15, 0.2) is 0 Å². The maximum Gasteiger partial charge on any atom is 0.338 e. The lowest BCUT2D eigenvalue weighted by Crippen LogP contribution is -2.02. The van der Waals surface area contributed by atoms with Crippen LogP contribution in [-0.4, -0.2) is 23.3 Å². The van der Waals surface area contributed by atoms with Gasteiger partial charge >= 0.3 is 5.97 Å². The van der Waals surface area contributed by atoms with Gasteiger partial charge in [-0.05, 0) is 34.7 Å². The number of aromatic amines is 1. The second kappa shape index (κ2) is 4.09. The van der Waals surface area contributed by atoms with Gasteiger partial charge in [0, 0.05) is 9.86 Å². The van der Waals surface area contributed by atoms with Gasteiger partial charge in [-0.25, -0.2) is 4.79 Å². The number of nitrogens with one attached hydrogen (secondary N) is 1. The lowest BCUT2D eigenvalue weighted by molar-refractivity contribution is 0.0603. The molecule has 0 unspecified atom stereocenters. The molecule has 0 aliphatic carbocycles. The van der Waals surface area contributed by atoms with Gasteiger partial charge < -0.3 is 4.74 Å². The normalized spacial score (nSPS) is 10.6. The summed E-state index contributed by atoms with van der Waals surface area (Å²) in [5, 5.41) is 7.71. The lowest BCUT2D eigenvalue weighted by Gasteiger charge is -2.01. The number of hydrogen-bond acceptors (Lipinski definition) is 3. The molecular formula is C9H6BrIN2O2. The predicted octanol–water partition coefficient (Wildman–Crippen LogP) is 2.72. The van der Waals surface area contributed by atoms with E-state index in [1.54, 1.807) is 6.07 Å². The van der Waals surface area contributed by atoms with E-state index in [1.807, 2.05) is 6.07 Å². The van der Waals surface area contributed by atoms with E-state index in [2.05, 4.69) is 48.7 Å². The van der Waals surface area contributed by atoms with Crippen molar-refractivity contribution in [2.75, 3.05) is 7.11 Å². The molecule has 1 heterocycles. The van der Waals surface area contributed by atoms with Crippen LogP contribution in [0.25, 0.3) is 10.9 Å². The fourth-order valence-electron chi connectivity index (χ4n) is 1.35. The maximum atomic E-state index is 11.5. The Balaban J connectivity index is 2.80. The van der Waals surface area contributed by atoms with Gasteiger partial charge in [-0.3, -0.25) is 5.10 Å². The molecule has 0 spiro atoms. The molecule has 0 saturated carbocycles. The number of benzene rings is 1. The van der Waals surface area contributed by atoms with Gasteiger partial charge in [0.25, 0.3) is 0 Å². The van der Waals surface area contributed by atoms with E-state index in [0.717, 1.165) is 19.1 Å². The smallest absolute Gasteiger partial charge is 0.338 e. The third kappa shape index (κ3) is 1.87. The number of carbonyl (C=O) groups is 1. The molecule has 0 aliphatic heterocycles. The number of hydrogen-bond donors (Lipinski definition) is 1. The van der Waals surface area contributed by atoms with E-state index >= 15 is 0 Å². The van der Waals surface area contributed by atoms with Crippen LogP contribution in [-0.2, 0) is 4.74 Å². The SMILES string of the molecule is COC(=O)c1cc(Br)cc2n[nH]c(I)c12. The number of H-pyrrole nitrogens is 1. The van der Waals surface area contributed by atoms with E-state index in [9.17, 15) is 4.79 Å². The maximum absolute atomic E-state index is 11.5. The second-order valence-electron chi connectivity index (χ2n) is 2.88. The molecule has 1 N–H and O–H groups in total. The van der Waals surface area contributed by atoms with Crippen molar-refractivity contribution < 1.29 is 9.53 Å². The molecule has 4 nitrogen and oxygen atoms in total. The molecule has 0 bridgehead atoms. The molecule has 0 atom stereocenters. The van der Waals surface area contributed by atoms with E-state index in [4.69, 9.17) is 4.74 Å². The zero-order chi connectivity index (χ0) is 11.0. The van der Waals surface area contributed by atoms with Crippen molar-refractivity contribution in [2.45, 2.75) is 0 Å². The molecule has 2 rings (SSSR count). The summed E-state index contributed by atoms with van der Waals surface area (Å²) >= 11 is 5.43. The van der Waals surface area contributed by atoms with Crippen molar-refractivity contribution in [2.24, 2.45) is 0 Å². The third-order valence-electron chi connectivity index (χ3n) is 1.98. The largest absolute Gasteiger partial charge is 0.465 e. The highest BCUT2D eigenvalue weighted by molar-refractivity contribution is 14.1. The first-order valence-electron chi connectivity index (χ1n) is 4.05.